The number of nitrogens with zero attached hydrogens (tertiary/aromatic N) is 7. The smallest absolute Gasteiger partial charge is 0.247 e. The standard InChI is InChI=1S/C9H14ClN5O.C6H13NO.C3H2Cl2N4/c1-9(16)2-4-15(5-3-9)8-12-7(11)6(10)13-14-8;1-6(8)2-4-7-5-3-6;4-1-2(6)7-3(5)9-8-1/h16H,2-5H2,1H3,(H2,11,12,14);7-8H,2-5H2,1H3;(H2,6,7,9). The lowest BCUT2D eigenvalue weighted by Crippen LogP contribution is -2.43. The minimum atomic E-state index is -0.595. The van der Waals surface area contributed by atoms with Crippen molar-refractivity contribution in [3.63, 3.8) is 0 Å². The van der Waals surface area contributed by atoms with E-state index in [1.807, 2.05) is 18.7 Å². The first-order valence-corrected chi connectivity index (χ1v) is 11.4. The maximum Gasteiger partial charge on any atom is 0.247 e. The maximum absolute atomic E-state index is 9.81. The molecule has 4 rings (SSSR count). The van der Waals surface area contributed by atoms with Gasteiger partial charge in [0, 0.05) is 13.1 Å². The molecular weight excluding hydrogens is 495 g/mol. The molecule has 2 fully saturated rings. The minimum Gasteiger partial charge on any atom is -0.390 e. The molecule has 0 saturated carbocycles. The number of halogens is 3. The molecule has 7 N–H and O–H groups in total. The Kier molecular flexibility index (Phi) is 10.0. The fourth-order valence-electron chi connectivity index (χ4n) is 2.91. The van der Waals surface area contributed by atoms with E-state index < -0.39 is 5.60 Å². The first kappa shape index (κ1) is 27.4. The summed E-state index contributed by atoms with van der Waals surface area (Å²) in [6, 6.07) is 0. The molecule has 184 valence electrons. The summed E-state index contributed by atoms with van der Waals surface area (Å²) in [5.74, 6) is 0.748. The molecule has 15 heteroatoms. The zero-order valence-electron chi connectivity index (χ0n) is 18.5. The van der Waals surface area contributed by atoms with Crippen LogP contribution in [0.25, 0.3) is 0 Å². The largest absolute Gasteiger partial charge is 0.390 e. The van der Waals surface area contributed by atoms with Gasteiger partial charge in [0.2, 0.25) is 11.2 Å². The van der Waals surface area contributed by atoms with E-state index in [1.54, 1.807) is 0 Å². The van der Waals surface area contributed by atoms with E-state index in [0.717, 1.165) is 25.9 Å². The highest BCUT2D eigenvalue weighted by Gasteiger charge is 2.28. The van der Waals surface area contributed by atoms with Gasteiger partial charge >= 0.3 is 0 Å². The second kappa shape index (κ2) is 12.0. The fourth-order valence-corrected chi connectivity index (χ4v) is 3.20. The number of hydrogen-bond donors (Lipinski definition) is 5. The Bertz CT molecular complexity index is 901. The Morgan fingerprint density at radius 3 is 1.70 bits per heavy atom. The predicted octanol–water partition coefficient (Wildman–Crippen LogP) is 1.34. The Balaban J connectivity index is 0.000000192. The van der Waals surface area contributed by atoms with Gasteiger partial charge in [-0.3, -0.25) is 0 Å². The second-order valence-corrected chi connectivity index (χ2v) is 9.33. The molecule has 0 atom stereocenters. The van der Waals surface area contributed by atoms with Crippen LogP contribution in [-0.2, 0) is 0 Å². The number of anilines is 3. The number of hydrogen-bond acceptors (Lipinski definition) is 12. The third-order valence-corrected chi connectivity index (χ3v) is 5.81. The van der Waals surface area contributed by atoms with Crippen molar-refractivity contribution in [3.05, 3.63) is 15.6 Å². The highest BCUT2D eigenvalue weighted by Crippen LogP contribution is 2.24. The summed E-state index contributed by atoms with van der Waals surface area (Å²) in [5.41, 5.74) is 9.77. The third kappa shape index (κ3) is 9.51. The summed E-state index contributed by atoms with van der Waals surface area (Å²) in [7, 11) is 0. The summed E-state index contributed by atoms with van der Waals surface area (Å²) < 4.78 is 0. The number of rotatable bonds is 1. The summed E-state index contributed by atoms with van der Waals surface area (Å²) in [6.07, 6.45) is 3.15. The van der Waals surface area contributed by atoms with E-state index >= 15 is 0 Å². The van der Waals surface area contributed by atoms with Crippen molar-refractivity contribution in [2.75, 3.05) is 42.5 Å². The molecule has 0 unspecified atom stereocenters. The van der Waals surface area contributed by atoms with Crippen LogP contribution in [-0.4, -0.2) is 78.0 Å². The molecule has 2 aliphatic heterocycles. The average molecular weight is 524 g/mol. The molecule has 0 bridgehead atoms. The van der Waals surface area contributed by atoms with Gasteiger partial charge in [-0.1, -0.05) is 23.2 Å². The number of nitrogens with two attached hydrogens (primary N) is 2. The molecular formula is C18H29Cl3N10O2. The summed E-state index contributed by atoms with van der Waals surface area (Å²) in [4.78, 5) is 9.51. The van der Waals surface area contributed by atoms with E-state index in [4.69, 9.17) is 46.3 Å². The number of aliphatic hydroxyl groups is 2. The van der Waals surface area contributed by atoms with Gasteiger partial charge in [0.1, 0.15) is 0 Å². The van der Waals surface area contributed by atoms with E-state index in [2.05, 4.69) is 35.7 Å². The Hall–Kier alpha value is -1.83. The highest BCUT2D eigenvalue weighted by atomic mass is 35.5. The molecule has 2 aromatic heterocycles. The molecule has 2 saturated heterocycles. The van der Waals surface area contributed by atoms with Gasteiger partial charge in [-0.25, -0.2) is 0 Å². The molecule has 2 aliphatic rings. The van der Waals surface area contributed by atoms with Crippen LogP contribution in [0.3, 0.4) is 0 Å². The van der Waals surface area contributed by atoms with Gasteiger partial charge in [0.05, 0.1) is 11.2 Å². The molecule has 0 spiro atoms. The lowest BCUT2D eigenvalue weighted by molar-refractivity contribution is 0.0290. The van der Waals surface area contributed by atoms with Crippen molar-refractivity contribution in [1.29, 1.82) is 0 Å². The van der Waals surface area contributed by atoms with Crippen LogP contribution in [0.4, 0.5) is 17.6 Å². The average Bonchev–Trinajstić information content (AvgIpc) is 2.74. The zero-order chi connectivity index (χ0) is 24.6. The first-order chi connectivity index (χ1) is 15.4. The van der Waals surface area contributed by atoms with E-state index in [1.165, 1.54) is 0 Å². The van der Waals surface area contributed by atoms with Crippen LogP contribution in [0.15, 0.2) is 0 Å². The molecule has 0 radical (unpaired) electrons. The van der Waals surface area contributed by atoms with Crippen molar-refractivity contribution in [2.45, 2.75) is 50.7 Å². The van der Waals surface area contributed by atoms with E-state index in [-0.39, 0.29) is 32.8 Å². The SMILES string of the molecule is CC1(O)CCN(c2nnc(Cl)c(N)n2)CC1.CC1(O)CCNCC1.Nc1nc(Cl)nnc1Cl. The predicted molar refractivity (Wildman–Crippen MR) is 128 cm³/mol. The van der Waals surface area contributed by atoms with Gasteiger partial charge in [0.25, 0.3) is 0 Å². The Labute approximate surface area is 207 Å². The van der Waals surface area contributed by atoms with Crippen LogP contribution in [0.5, 0.6) is 0 Å². The van der Waals surface area contributed by atoms with Gasteiger partial charge in [-0.15, -0.1) is 20.4 Å². The van der Waals surface area contributed by atoms with E-state index in [0.29, 0.717) is 31.9 Å². The van der Waals surface area contributed by atoms with Crippen LogP contribution in [0, 0.1) is 0 Å². The zero-order valence-corrected chi connectivity index (χ0v) is 20.7. The van der Waals surface area contributed by atoms with Crippen molar-refractivity contribution >= 4 is 52.4 Å². The molecule has 0 aromatic carbocycles. The molecule has 0 amide bonds. The Morgan fingerprint density at radius 2 is 1.27 bits per heavy atom. The number of nitrogens with one attached hydrogen (secondary N) is 1. The van der Waals surface area contributed by atoms with Crippen molar-refractivity contribution < 1.29 is 10.2 Å². The lowest BCUT2D eigenvalue weighted by Gasteiger charge is -2.35. The number of piperidine rings is 2. The Morgan fingerprint density at radius 1 is 0.788 bits per heavy atom. The monoisotopic (exact) mass is 522 g/mol. The van der Waals surface area contributed by atoms with Crippen molar-refractivity contribution in [1.82, 2.24) is 35.7 Å². The van der Waals surface area contributed by atoms with Gasteiger partial charge < -0.3 is 31.9 Å². The highest BCUT2D eigenvalue weighted by molar-refractivity contribution is 6.32. The molecule has 0 aliphatic carbocycles. The summed E-state index contributed by atoms with van der Waals surface area (Å²) in [5, 5.41) is 36.8. The van der Waals surface area contributed by atoms with Crippen LogP contribution >= 0.6 is 34.8 Å². The van der Waals surface area contributed by atoms with E-state index in [9.17, 15) is 10.2 Å². The molecule has 33 heavy (non-hydrogen) atoms. The molecule has 12 nitrogen and oxygen atoms in total. The molecule has 4 heterocycles. The third-order valence-electron chi connectivity index (χ3n) is 5.11. The van der Waals surface area contributed by atoms with Crippen LogP contribution in [0.2, 0.25) is 15.6 Å². The minimum absolute atomic E-state index is 0.00287. The summed E-state index contributed by atoms with van der Waals surface area (Å²) in [6.45, 7) is 7.04. The van der Waals surface area contributed by atoms with Crippen LogP contribution in [0.1, 0.15) is 39.5 Å². The maximum atomic E-state index is 9.81. The van der Waals surface area contributed by atoms with Crippen molar-refractivity contribution in [3.8, 4) is 0 Å². The number of aromatic nitrogens is 6. The summed E-state index contributed by atoms with van der Waals surface area (Å²) >= 11 is 16.3. The fraction of sp³-hybridized carbons (Fsp3) is 0.667. The number of nitrogen functional groups attached to an aromatic ring is 2. The topological polar surface area (TPSA) is 185 Å². The van der Waals surface area contributed by atoms with Crippen molar-refractivity contribution in [2.24, 2.45) is 0 Å². The quantitative estimate of drug-likeness (QED) is 0.362. The lowest BCUT2D eigenvalue weighted by atomic mass is 9.94. The van der Waals surface area contributed by atoms with Gasteiger partial charge in [-0.05, 0) is 64.2 Å². The van der Waals surface area contributed by atoms with Crippen LogP contribution < -0.4 is 21.7 Å². The first-order valence-electron chi connectivity index (χ1n) is 10.3. The normalized spacial score (nSPS) is 18.9. The van der Waals surface area contributed by atoms with Gasteiger partial charge in [0.15, 0.2) is 21.9 Å². The second-order valence-electron chi connectivity index (χ2n) is 8.28. The van der Waals surface area contributed by atoms with Gasteiger partial charge in [-0.2, -0.15) is 9.97 Å². The molecule has 2 aromatic rings.